The van der Waals surface area contributed by atoms with E-state index in [9.17, 15) is 13.5 Å². The molecule has 0 saturated heterocycles. The molecule has 1 aromatic rings. The summed E-state index contributed by atoms with van der Waals surface area (Å²) in [6, 6.07) is 5.40. The SMILES string of the molecule is N#Cc1cccc(S(N)(=O)=O)c1O. The molecule has 0 atom stereocenters. The molecular formula is C7H6N2O3S. The summed E-state index contributed by atoms with van der Waals surface area (Å²) in [4.78, 5) is -0.438. The number of nitrogens with two attached hydrogens (primary N) is 1. The van der Waals surface area contributed by atoms with Crippen LogP contribution in [0.4, 0.5) is 0 Å². The molecule has 0 aliphatic carbocycles. The van der Waals surface area contributed by atoms with Gasteiger partial charge in [0, 0.05) is 0 Å². The monoisotopic (exact) mass is 198 g/mol. The molecule has 0 fully saturated rings. The molecule has 0 amide bonds. The van der Waals surface area contributed by atoms with E-state index < -0.39 is 20.7 Å². The molecule has 0 heterocycles. The van der Waals surface area contributed by atoms with E-state index in [4.69, 9.17) is 10.4 Å². The van der Waals surface area contributed by atoms with Gasteiger partial charge in [-0.3, -0.25) is 0 Å². The number of aromatic hydroxyl groups is 1. The summed E-state index contributed by atoms with van der Waals surface area (Å²) in [5, 5.41) is 22.5. The van der Waals surface area contributed by atoms with Crippen LogP contribution in [-0.4, -0.2) is 13.5 Å². The van der Waals surface area contributed by atoms with Crippen LogP contribution in [0.1, 0.15) is 5.56 Å². The molecular weight excluding hydrogens is 192 g/mol. The molecule has 0 saturated carbocycles. The Labute approximate surface area is 75.1 Å². The van der Waals surface area contributed by atoms with E-state index in [-0.39, 0.29) is 5.56 Å². The number of nitrogens with zero attached hydrogens (tertiary/aromatic N) is 1. The van der Waals surface area contributed by atoms with Crippen LogP contribution in [-0.2, 0) is 10.0 Å². The average molecular weight is 198 g/mol. The first-order valence-corrected chi connectivity index (χ1v) is 4.76. The minimum atomic E-state index is -3.97. The van der Waals surface area contributed by atoms with Gasteiger partial charge in [0.1, 0.15) is 11.0 Å². The van der Waals surface area contributed by atoms with Crippen molar-refractivity contribution >= 4 is 10.0 Å². The molecule has 0 radical (unpaired) electrons. The third-order valence-corrected chi connectivity index (χ3v) is 2.37. The first-order chi connectivity index (χ1) is 5.96. The molecule has 13 heavy (non-hydrogen) atoms. The van der Waals surface area contributed by atoms with Crippen LogP contribution in [0.5, 0.6) is 5.75 Å². The van der Waals surface area contributed by atoms with E-state index >= 15 is 0 Å². The van der Waals surface area contributed by atoms with Crippen molar-refractivity contribution in [2.45, 2.75) is 4.90 Å². The summed E-state index contributed by atoms with van der Waals surface area (Å²) in [7, 11) is -3.97. The van der Waals surface area contributed by atoms with Crippen molar-refractivity contribution in [3.05, 3.63) is 23.8 Å². The van der Waals surface area contributed by atoms with E-state index in [1.54, 1.807) is 6.07 Å². The van der Waals surface area contributed by atoms with E-state index in [1.165, 1.54) is 12.1 Å². The normalized spacial score (nSPS) is 10.8. The maximum Gasteiger partial charge on any atom is 0.241 e. The maximum atomic E-state index is 10.8. The van der Waals surface area contributed by atoms with Crippen molar-refractivity contribution in [3.8, 4) is 11.8 Å². The van der Waals surface area contributed by atoms with Crippen LogP contribution in [0, 0.1) is 11.3 Å². The molecule has 1 aromatic carbocycles. The second kappa shape index (κ2) is 3.05. The Balaban J connectivity index is 3.53. The first kappa shape index (κ1) is 9.51. The highest BCUT2D eigenvalue weighted by molar-refractivity contribution is 7.89. The Bertz CT molecular complexity index is 473. The lowest BCUT2D eigenvalue weighted by Gasteiger charge is -2.01. The van der Waals surface area contributed by atoms with Crippen molar-refractivity contribution < 1.29 is 13.5 Å². The predicted molar refractivity (Wildman–Crippen MR) is 44.2 cm³/mol. The number of hydrogen-bond acceptors (Lipinski definition) is 4. The lowest BCUT2D eigenvalue weighted by molar-refractivity contribution is 0.457. The molecule has 0 aromatic heterocycles. The van der Waals surface area contributed by atoms with E-state index in [0.717, 1.165) is 6.07 Å². The van der Waals surface area contributed by atoms with Crippen molar-refractivity contribution in [1.29, 1.82) is 5.26 Å². The fourth-order valence-electron chi connectivity index (χ4n) is 0.842. The number of rotatable bonds is 1. The van der Waals surface area contributed by atoms with Crippen LogP contribution in [0.3, 0.4) is 0 Å². The maximum absolute atomic E-state index is 10.8. The second-order valence-corrected chi connectivity index (χ2v) is 3.84. The van der Waals surface area contributed by atoms with Crippen molar-refractivity contribution in [2.75, 3.05) is 0 Å². The molecule has 5 nitrogen and oxygen atoms in total. The summed E-state index contributed by atoms with van der Waals surface area (Å²) >= 11 is 0. The van der Waals surface area contributed by atoms with Crippen molar-refractivity contribution in [3.63, 3.8) is 0 Å². The van der Waals surface area contributed by atoms with E-state index in [0.29, 0.717) is 0 Å². The fourth-order valence-corrected chi connectivity index (χ4v) is 1.49. The smallest absolute Gasteiger partial charge is 0.241 e. The highest BCUT2D eigenvalue weighted by Crippen LogP contribution is 2.24. The first-order valence-electron chi connectivity index (χ1n) is 3.21. The van der Waals surface area contributed by atoms with Crippen LogP contribution in [0.2, 0.25) is 0 Å². The molecule has 0 unspecified atom stereocenters. The quantitative estimate of drug-likeness (QED) is 0.657. The average Bonchev–Trinajstić information content (AvgIpc) is 2.02. The van der Waals surface area contributed by atoms with Crippen molar-refractivity contribution in [2.24, 2.45) is 5.14 Å². The van der Waals surface area contributed by atoms with Gasteiger partial charge >= 0.3 is 0 Å². The molecule has 6 heteroatoms. The Morgan fingerprint density at radius 2 is 2.08 bits per heavy atom. The second-order valence-electron chi connectivity index (χ2n) is 2.31. The summed E-state index contributed by atoms with van der Waals surface area (Å²) in [6.07, 6.45) is 0. The molecule has 0 aliphatic rings. The minimum Gasteiger partial charge on any atom is -0.505 e. The highest BCUT2D eigenvalue weighted by atomic mass is 32.2. The molecule has 68 valence electrons. The summed E-state index contributed by atoms with van der Waals surface area (Å²) in [5.41, 5.74) is -0.119. The summed E-state index contributed by atoms with van der Waals surface area (Å²) in [5.74, 6) is -0.604. The number of phenolic OH excluding ortho intramolecular Hbond substituents is 1. The predicted octanol–water partition coefficient (Wildman–Crippen LogP) is -0.0887. The Kier molecular flexibility index (Phi) is 2.23. The van der Waals surface area contributed by atoms with E-state index in [1.807, 2.05) is 0 Å². The summed E-state index contributed by atoms with van der Waals surface area (Å²) < 4.78 is 21.7. The number of sulfonamides is 1. The lowest BCUT2D eigenvalue weighted by atomic mass is 10.2. The van der Waals surface area contributed by atoms with Gasteiger partial charge in [-0.15, -0.1) is 0 Å². The van der Waals surface area contributed by atoms with Crippen molar-refractivity contribution in [1.82, 2.24) is 0 Å². The minimum absolute atomic E-state index is 0.119. The zero-order chi connectivity index (χ0) is 10.1. The number of primary sulfonamides is 1. The lowest BCUT2D eigenvalue weighted by Crippen LogP contribution is -2.12. The largest absolute Gasteiger partial charge is 0.505 e. The Morgan fingerprint density at radius 3 is 2.54 bits per heavy atom. The standard InChI is InChI=1S/C7H6N2O3S/c8-4-5-2-1-3-6(7(5)10)13(9,11)12/h1-3,10H,(H2,9,11,12). The van der Waals surface area contributed by atoms with Crippen LogP contribution < -0.4 is 5.14 Å². The Morgan fingerprint density at radius 1 is 1.46 bits per heavy atom. The van der Waals surface area contributed by atoms with Gasteiger partial charge in [0.05, 0.1) is 5.56 Å². The number of benzene rings is 1. The number of phenols is 1. The van der Waals surface area contributed by atoms with Gasteiger partial charge in [-0.2, -0.15) is 5.26 Å². The van der Waals surface area contributed by atoms with E-state index in [2.05, 4.69) is 0 Å². The zero-order valence-corrected chi connectivity index (χ0v) is 7.25. The molecule has 0 spiro atoms. The summed E-state index contributed by atoms with van der Waals surface area (Å²) in [6.45, 7) is 0. The third-order valence-electron chi connectivity index (χ3n) is 1.43. The molecule has 1 rings (SSSR count). The molecule has 0 bridgehead atoms. The van der Waals surface area contributed by atoms with Gasteiger partial charge in [0.15, 0.2) is 5.75 Å². The highest BCUT2D eigenvalue weighted by Gasteiger charge is 2.15. The number of hydrogen-bond donors (Lipinski definition) is 2. The number of nitriles is 1. The van der Waals surface area contributed by atoms with Gasteiger partial charge in [-0.25, -0.2) is 13.6 Å². The Hall–Kier alpha value is -1.58. The third kappa shape index (κ3) is 1.77. The van der Waals surface area contributed by atoms with Gasteiger partial charge in [0.2, 0.25) is 10.0 Å². The molecule has 0 aliphatic heterocycles. The van der Waals surface area contributed by atoms with Crippen LogP contribution in [0.25, 0.3) is 0 Å². The zero-order valence-electron chi connectivity index (χ0n) is 6.43. The molecule has 3 N–H and O–H groups in total. The van der Waals surface area contributed by atoms with Gasteiger partial charge < -0.3 is 5.11 Å². The van der Waals surface area contributed by atoms with Gasteiger partial charge in [-0.1, -0.05) is 6.07 Å². The van der Waals surface area contributed by atoms with Crippen LogP contribution >= 0.6 is 0 Å². The topological polar surface area (TPSA) is 104 Å². The number of para-hydroxylation sites is 1. The fraction of sp³-hybridized carbons (Fsp3) is 0. The van der Waals surface area contributed by atoms with Gasteiger partial charge in [0.25, 0.3) is 0 Å². The van der Waals surface area contributed by atoms with Gasteiger partial charge in [-0.05, 0) is 12.1 Å². The van der Waals surface area contributed by atoms with Crippen LogP contribution in [0.15, 0.2) is 23.1 Å².